The Kier molecular flexibility index (Phi) is 3.91. The standard InChI is InChI=1S/C21H23NO3/c1-22-17(23)12-10-14-18(13-7-5-4-6-8-13)19-15(20(14)22)9-11-16(24-2)21(19)25-3/h4-9,11,14,18,20H,10,12H2,1-3H3. The van der Waals surface area contributed by atoms with Gasteiger partial charge in [0.25, 0.3) is 0 Å². The van der Waals surface area contributed by atoms with Gasteiger partial charge in [0.1, 0.15) is 0 Å². The summed E-state index contributed by atoms with van der Waals surface area (Å²) in [7, 11) is 5.28. The number of rotatable bonds is 3. The van der Waals surface area contributed by atoms with Crippen LogP contribution in [0.1, 0.15) is 41.5 Å². The molecule has 0 bridgehead atoms. The predicted molar refractivity (Wildman–Crippen MR) is 96.1 cm³/mol. The minimum absolute atomic E-state index is 0.0984. The van der Waals surface area contributed by atoms with Crippen LogP contribution in [0, 0.1) is 5.92 Å². The lowest BCUT2D eigenvalue weighted by molar-refractivity contribution is -0.136. The number of ether oxygens (including phenoxy) is 2. The first-order valence-electron chi connectivity index (χ1n) is 8.72. The molecule has 130 valence electrons. The molecule has 1 amide bonds. The van der Waals surface area contributed by atoms with Gasteiger partial charge >= 0.3 is 0 Å². The summed E-state index contributed by atoms with van der Waals surface area (Å²) in [5.74, 6) is 2.33. The van der Waals surface area contributed by atoms with E-state index >= 15 is 0 Å². The minimum Gasteiger partial charge on any atom is -0.493 e. The molecule has 25 heavy (non-hydrogen) atoms. The topological polar surface area (TPSA) is 38.8 Å². The van der Waals surface area contributed by atoms with Crippen LogP contribution in [-0.4, -0.2) is 32.1 Å². The molecule has 2 aliphatic rings. The molecule has 0 spiro atoms. The van der Waals surface area contributed by atoms with Crippen LogP contribution in [0.15, 0.2) is 42.5 Å². The van der Waals surface area contributed by atoms with E-state index in [9.17, 15) is 4.79 Å². The van der Waals surface area contributed by atoms with Crippen molar-refractivity contribution in [2.24, 2.45) is 5.92 Å². The zero-order valence-corrected chi connectivity index (χ0v) is 14.9. The second kappa shape index (κ2) is 6.10. The van der Waals surface area contributed by atoms with Crippen LogP contribution in [0.3, 0.4) is 0 Å². The molecule has 1 fully saturated rings. The number of carbonyl (C=O) groups is 1. The van der Waals surface area contributed by atoms with E-state index in [1.54, 1.807) is 14.2 Å². The maximum Gasteiger partial charge on any atom is 0.222 e. The third-order valence-electron chi connectivity index (χ3n) is 5.74. The van der Waals surface area contributed by atoms with Gasteiger partial charge < -0.3 is 14.4 Å². The Morgan fingerprint density at radius 3 is 2.48 bits per heavy atom. The molecule has 0 saturated carbocycles. The highest BCUT2D eigenvalue weighted by Crippen LogP contribution is 2.58. The molecule has 4 heteroatoms. The lowest BCUT2D eigenvalue weighted by Crippen LogP contribution is -2.39. The van der Waals surface area contributed by atoms with E-state index < -0.39 is 0 Å². The lowest BCUT2D eigenvalue weighted by Gasteiger charge is -2.37. The summed E-state index contributed by atoms with van der Waals surface area (Å²) in [5, 5.41) is 0. The Morgan fingerprint density at radius 1 is 1.04 bits per heavy atom. The fourth-order valence-electron chi connectivity index (χ4n) is 4.69. The molecule has 4 nitrogen and oxygen atoms in total. The Labute approximate surface area is 148 Å². The molecular formula is C21H23NO3. The van der Waals surface area contributed by atoms with Crippen molar-refractivity contribution in [3.8, 4) is 11.5 Å². The largest absolute Gasteiger partial charge is 0.493 e. The number of fused-ring (bicyclic) bond motifs is 3. The van der Waals surface area contributed by atoms with Gasteiger partial charge in [-0.25, -0.2) is 0 Å². The van der Waals surface area contributed by atoms with Crippen molar-refractivity contribution in [1.82, 2.24) is 4.90 Å². The minimum atomic E-state index is 0.0984. The van der Waals surface area contributed by atoms with Gasteiger partial charge in [-0.15, -0.1) is 0 Å². The van der Waals surface area contributed by atoms with Gasteiger partial charge in [0.2, 0.25) is 5.91 Å². The van der Waals surface area contributed by atoms with Gasteiger partial charge in [-0.3, -0.25) is 4.79 Å². The maximum atomic E-state index is 12.3. The second-order valence-electron chi connectivity index (χ2n) is 6.84. The Bertz CT molecular complexity index is 802. The third-order valence-corrected chi connectivity index (χ3v) is 5.74. The highest BCUT2D eigenvalue weighted by Gasteiger charge is 2.48. The number of hydrogen-bond acceptors (Lipinski definition) is 3. The van der Waals surface area contributed by atoms with Gasteiger partial charge in [-0.1, -0.05) is 36.4 Å². The fourth-order valence-corrected chi connectivity index (χ4v) is 4.69. The van der Waals surface area contributed by atoms with Gasteiger partial charge in [-0.2, -0.15) is 0 Å². The molecule has 0 N–H and O–H groups in total. The molecule has 3 unspecified atom stereocenters. The van der Waals surface area contributed by atoms with E-state index in [2.05, 4.69) is 30.3 Å². The molecule has 1 aliphatic carbocycles. The van der Waals surface area contributed by atoms with Crippen molar-refractivity contribution in [3.63, 3.8) is 0 Å². The summed E-state index contributed by atoms with van der Waals surface area (Å²) >= 11 is 0. The van der Waals surface area contributed by atoms with Crippen molar-refractivity contribution in [2.75, 3.05) is 21.3 Å². The molecule has 3 atom stereocenters. The van der Waals surface area contributed by atoms with Crippen molar-refractivity contribution in [1.29, 1.82) is 0 Å². The molecule has 0 radical (unpaired) electrons. The number of nitrogens with zero attached hydrogens (tertiary/aromatic N) is 1. The van der Waals surface area contributed by atoms with Crippen LogP contribution in [-0.2, 0) is 4.79 Å². The van der Waals surface area contributed by atoms with Gasteiger partial charge in [0.15, 0.2) is 11.5 Å². The summed E-state index contributed by atoms with van der Waals surface area (Å²) < 4.78 is 11.3. The Hall–Kier alpha value is -2.49. The average Bonchev–Trinajstić information content (AvgIpc) is 2.99. The highest BCUT2D eigenvalue weighted by molar-refractivity contribution is 5.78. The first kappa shape index (κ1) is 16.0. The van der Waals surface area contributed by atoms with Gasteiger partial charge in [0, 0.05) is 24.9 Å². The second-order valence-corrected chi connectivity index (χ2v) is 6.84. The fraction of sp³-hybridized carbons (Fsp3) is 0.381. The van der Waals surface area contributed by atoms with E-state index in [0.717, 1.165) is 17.9 Å². The quantitative estimate of drug-likeness (QED) is 0.856. The number of carbonyl (C=O) groups excluding carboxylic acids is 1. The predicted octanol–water partition coefficient (Wildman–Crippen LogP) is 3.76. The molecule has 1 heterocycles. The first-order chi connectivity index (χ1) is 12.2. The number of methoxy groups -OCH3 is 2. The summed E-state index contributed by atoms with van der Waals surface area (Å²) in [6.07, 6.45) is 1.50. The van der Waals surface area contributed by atoms with Crippen LogP contribution in [0.5, 0.6) is 11.5 Å². The van der Waals surface area contributed by atoms with E-state index in [1.807, 2.05) is 24.1 Å². The highest BCUT2D eigenvalue weighted by atomic mass is 16.5. The monoisotopic (exact) mass is 337 g/mol. The molecule has 1 saturated heterocycles. The zero-order valence-electron chi connectivity index (χ0n) is 14.9. The van der Waals surface area contributed by atoms with Gasteiger partial charge in [0.05, 0.1) is 20.3 Å². The maximum absolute atomic E-state index is 12.3. The van der Waals surface area contributed by atoms with Crippen molar-refractivity contribution >= 4 is 5.91 Å². The molecule has 1 aliphatic heterocycles. The van der Waals surface area contributed by atoms with Crippen LogP contribution in [0.4, 0.5) is 0 Å². The average molecular weight is 337 g/mol. The van der Waals surface area contributed by atoms with Crippen molar-refractivity contribution in [2.45, 2.75) is 24.8 Å². The van der Waals surface area contributed by atoms with Gasteiger partial charge in [-0.05, 0) is 29.5 Å². The van der Waals surface area contributed by atoms with Crippen LogP contribution < -0.4 is 9.47 Å². The van der Waals surface area contributed by atoms with Crippen LogP contribution >= 0.6 is 0 Å². The van der Waals surface area contributed by atoms with Crippen LogP contribution in [0.25, 0.3) is 0 Å². The number of piperidine rings is 1. The summed E-state index contributed by atoms with van der Waals surface area (Å²) in [6.45, 7) is 0. The molecule has 2 aromatic rings. The number of benzene rings is 2. The third kappa shape index (κ3) is 2.31. The summed E-state index contributed by atoms with van der Waals surface area (Å²) in [6, 6.07) is 14.7. The van der Waals surface area contributed by atoms with E-state index in [-0.39, 0.29) is 17.9 Å². The number of likely N-dealkylation sites (tertiary alicyclic amines) is 1. The Balaban J connectivity index is 1.96. The smallest absolute Gasteiger partial charge is 0.222 e. The first-order valence-corrected chi connectivity index (χ1v) is 8.72. The SMILES string of the molecule is COc1ccc2c(c1OC)C(c1ccccc1)C1CCC(=O)N(C)C21. The zero-order chi connectivity index (χ0) is 17.6. The molecular weight excluding hydrogens is 314 g/mol. The summed E-state index contributed by atoms with van der Waals surface area (Å²) in [5.41, 5.74) is 3.63. The molecule has 0 aromatic heterocycles. The van der Waals surface area contributed by atoms with E-state index in [1.165, 1.54) is 16.7 Å². The number of amides is 1. The van der Waals surface area contributed by atoms with Crippen LogP contribution in [0.2, 0.25) is 0 Å². The van der Waals surface area contributed by atoms with E-state index in [0.29, 0.717) is 12.3 Å². The number of hydrogen-bond donors (Lipinski definition) is 0. The summed E-state index contributed by atoms with van der Waals surface area (Å²) in [4.78, 5) is 14.3. The Morgan fingerprint density at radius 2 is 1.80 bits per heavy atom. The normalized spacial score (nSPS) is 24.7. The van der Waals surface area contributed by atoms with Crippen molar-refractivity contribution < 1.29 is 14.3 Å². The molecule has 4 rings (SSSR count). The van der Waals surface area contributed by atoms with E-state index in [4.69, 9.17) is 9.47 Å². The van der Waals surface area contributed by atoms with Crippen molar-refractivity contribution in [3.05, 3.63) is 59.2 Å². The molecule has 2 aromatic carbocycles. The lowest BCUT2D eigenvalue weighted by atomic mass is 9.79.